The number of rotatable bonds is 38. The van der Waals surface area contributed by atoms with E-state index in [0.29, 0.717) is 128 Å². The lowest BCUT2D eigenvalue weighted by Gasteiger charge is -2.32. The van der Waals surface area contributed by atoms with Crippen LogP contribution in [0.3, 0.4) is 0 Å². The number of nitro groups is 2. The highest BCUT2D eigenvalue weighted by Gasteiger charge is 2.25. The van der Waals surface area contributed by atoms with Gasteiger partial charge in [-0.3, -0.25) is 68.2 Å². The Hall–Kier alpha value is -16.4. The third-order valence-corrected chi connectivity index (χ3v) is 24.3. The molecule has 0 bridgehead atoms. The number of likely N-dealkylation sites (N-methyl/N-ethyl adjacent to an activating group) is 1. The lowest BCUT2D eigenvalue weighted by Crippen LogP contribution is -2.44. The van der Waals surface area contributed by atoms with Crippen molar-refractivity contribution in [1.29, 1.82) is 0 Å². The molecule has 5 amide bonds. The molecule has 0 atom stereocenters. The quantitative estimate of drug-likeness (QED) is 0.0104. The summed E-state index contributed by atoms with van der Waals surface area (Å²) in [5, 5.41) is 39.2. The summed E-state index contributed by atoms with van der Waals surface area (Å²) in [6.45, 7) is 5.48. The number of benzene rings is 15. The van der Waals surface area contributed by atoms with Gasteiger partial charge in [-0.2, -0.15) is 0 Å². The van der Waals surface area contributed by atoms with Gasteiger partial charge in [0.05, 0.1) is 38.3 Å². The summed E-state index contributed by atoms with van der Waals surface area (Å²) >= 11 is 11.8. The van der Waals surface area contributed by atoms with Crippen molar-refractivity contribution in [2.45, 2.75) is 96.3 Å². The molecule has 1 aliphatic rings. The van der Waals surface area contributed by atoms with E-state index < -0.39 is 21.7 Å². The Morgan fingerprint density at radius 2 is 0.583 bits per heavy atom. The fourth-order valence-electron chi connectivity index (χ4n) is 16.0. The molecule has 0 saturated carbocycles. The SMILES string of the molecule is CN1CCN(CCCCC(=O)c2ccccc2NC(=O)c2ccc3ccccc3c2)CC1.O=C(CCCc1ccccc1)c1ccccc1NC(=O)c1ccccc1[N+](=O)[O-].O=C(Nc1ccccc1C(=O)CCCc1ccccc1)c1ccc(Cl)cc1.O=C(Nc1ccccc1C(=O)CCCc1ccccc1)c1cccc(Cl)c1.O=C(Nc1ccccc1C(=O)CCCc1ccccc1)c1cccc([N+](=O)[O-])c1. The summed E-state index contributed by atoms with van der Waals surface area (Å²) in [4.78, 5) is 152. The molecule has 1 heterocycles. The topological polar surface area (TPSA) is 324 Å². The lowest BCUT2D eigenvalue weighted by molar-refractivity contribution is -0.385. The molecule has 0 spiro atoms. The number of unbranched alkanes of at least 4 members (excludes halogenated alkanes) is 1. The Morgan fingerprint density at radius 1 is 0.271 bits per heavy atom. The van der Waals surface area contributed by atoms with Gasteiger partial charge in [0.25, 0.3) is 40.9 Å². The molecule has 16 rings (SSSR count). The number of fused-ring (bicyclic) bond motifs is 1. The zero-order valence-electron chi connectivity index (χ0n) is 79.8. The number of anilines is 5. The fraction of sp³-hybridized carbons (Fsp3) is 0.176. The first-order valence-corrected chi connectivity index (χ1v) is 48.4. The van der Waals surface area contributed by atoms with Gasteiger partial charge in [-0.05, 0) is 238 Å². The van der Waals surface area contributed by atoms with E-state index in [4.69, 9.17) is 23.2 Å². The second-order valence-electron chi connectivity index (χ2n) is 34.2. The molecule has 0 unspecified atom stereocenters. The summed E-state index contributed by atoms with van der Waals surface area (Å²) in [6.07, 6.45) is 10.2. The van der Waals surface area contributed by atoms with Crippen molar-refractivity contribution < 1.29 is 57.8 Å². The zero-order chi connectivity index (χ0) is 102. The Kier molecular flexibility index (Phi) is 41.5. The van der Waals surface area contributed by atoms with Gasteiger partial charge in [0.2, 0.25) is 0 Å². The summed E-state index contributed by atoms with van der Waals surface area (Å²) in [5.41, 5.74) is 10.8. The molecule has 1 fully saturated rings. The van der Waals surface area contributed by atoms with Crippen molar-refractivity contribution in [3.63, 3.8) is 0 Å². The zero-order valence-corrected chi connectivity index (χ0v) is 81.3. The summed E-state index contributed by atoms with van der Waals surface area (Å²) < 4.78 is 0. The Morgan fingerprint density at radius 3 is 0.965 bits per heavy atom. The Balaban J connectivity index is 0.000000161. The van der Waals surface area contributed by atoms with Crippen LogP contribution in [0.2, 0.25) is 10.0 Å². The van der Waals surface area contributed by atoms with Crippen molar-refractivity contribution in [3.05, 3.63) is 490 Å². The number of hydrogen-bond donors (Lipinski definition) is 5. The summed E-state index contributed by atoms with van der Waals surface area (Å²) in [5.74, 6) is -1.90. The van der Waals surface area contributed by atoms with Crippen LogP contribution in [0, 0.1) is 20.2 Å². The lowest BCUT2D eigenvalue weighted by atomic mass is 10.0. The number of para-hydroxylation sites is 6. The number of carbonyl (C=O) groups excluding carboxylic acids is 10. The maximum atomic E-state index is 12.9. The van der Waals surface area contributed by atoms with Gasteiger partial charge in [0.1, 0.15) is 5.56 Å². The molecule has 15 aromatic rings. The normalized spacial score (nSPS) is 11.4. The fourth-order valence-corrected chi connectivity index (χ4v) is 16.4. The van der Waals surface area contributed by atoms with E-state index in [2.05, 4.69) is 67.7 Å². The number of nitro benzene ring substituents is 2. The Labute approximate surface area is 847 Å². The standard InChI is InChI=1S/C27H31N3O2.2C23H20ClNO2.2C23H20N2O4/c1-29-16-18-30(19-17-29)15-7-6-12-26(31)24-10-4-5-11-25(24)28-27(32)23-14-13-21-8-2-3-9-22(21)20-23;24-19-12-7-11-18(16-19)23(27)25-21-14-5-4-13-20(21)22(26)15-6-10-17-8-2-1-3-9-17;24-19-15-13-18(14-16-19)23(27)25-21-11-5-4-10-20(21)22(26)12-6-9-17-7-2-1-3-8-17;26-22(16-8-11-17-9-2-1-3-10-17)18-12-4-6-14-20(18)24-23(27)19-13-5-7-15-21(19)25(28)29;26-22(15-6-10-17-8-2-1-3-9-17)20-13-4-5-14-21(20)24-23(27)18-11-7-12-19(16-18)25(28)29/h2-5,8-11,13-14,20H,6-7,12,15-19H2,1H3,(H,28,32);1-5,7-9,11-14,16H,6,10,15H2,(H,25,27);1-5,7-8,10-11,13-16H,6,9,12H2,(H,25,27);1-7,9-10,12-15H,8,11,16H2,(H,24,27);1-5,7-9,11-14,16H,6,10,15H2,(H,24,27). The van der Waals surface area contributed by atoms with Crippen LogP contribution in [0.4, 0.5) is 39.8 Å². The van der Waals surface area contributed by atoms with E-state index in [-0.39, 0.29) is 69.1 Å². The maximum absolute atomic E-state index is 12.9. The molecule has 144 heavy (non-hydrogen) atoms. The van der Waals surface area contributed by atoms with Crippen molar-refractivity contribution in [1.82, 2.24) is 9.80 Å². The predicted molar refractivity (Wildman–Crippen MR) is 572 cm³/mol. The number of non-ortho nitro benzene ring substituents is 1. The molecule has 25 heteroatoms. The molecule has 0 aromatic heterocycles. The highest BCUT2D eigenvalue weighted by Crippen LogP contribution is 2.30. The number of hydrogen-bond acceptors (Lipinski definition) is 16. The van der Waals surface area contributed by atoms with Gasteiger partial charge in [0.15, 0.2) is 28.9 Å². The molecule has 0 radical (unpaired) electrons. The molecule has 23 nitrogen and oxygen atoms in total. The van der Waals surface area contributed by atoms with Crippen LogP contribution in [0.15, 0.2) is 382 Å². The van der Waals surface area contributed by atoms with E-state index in [1.54, 1.807) is 158 Å². The number of piperazine rings is 1. The van der Waals surface area contributed by atoms with Crippen LogP contribution < -0.4 is 26.6 Å². The van der Waals surface area contributed by atoms with Gasteiger partial charge in [-0.25, -0.2) is 0 Å². The van der Waals surface area contributed by atoms with Crippen molar-refractivity contribution in [2.24, 2.45) is 0 Å². The number of amides is 5. The molecule has 5 N–H and O–H groups in total. The van der Waals surface area contributed by atoms with Crippen LogP contribution in [0.25, 0.3) is 10.8 Å². The van der Waals surface area contributed by atoms with Gasteiger partial charge < -0.3 is 36.4 Å². The van der Waals surface area contributed by atoms with Crippen LogP contribution in [-0.4, -0.2) is 118 Å². The number of carbonyl (C=O) groups is 10. The second kappa shape index (κ2) is 56.1. The number of ketones is 5. The monoisotopic (exact) mass is 1960 g/mol. The number of nitrogens with one attached hydrogen (secondary N) is 5. The van der Waals surface area contributed by atoms with Crippen molar-refractivity contribution in [3.8, 4) is 0 Å². The van der Waals surface area contributed by atoms with Crippen LogP contribution >= 0.6 is 23.2 Å². The molecule has 15 aromatic carbocycles. The van der Waals surface area contributed by atoms with Crippen LogP contribution in [0.1, 0.15) is 196 Å². The molecule has 1 saturated heterocycles. The minimum absolute atomic E-state index is 0.0212. The number of Topliss-reactive ketones (excluding diaryl/α,β-unsaturated/α-hetero) is 5. The highest BCUT2D eigenvalue weighted by atomic mass is 35.5. The molecular weight excluding hydrogens is 1850 g/mol. The third-order valence-electron chi connectivity index (χ3n) is 23.8. The minimum atomic E-state index is -0.623. The average molecular weight is 1960 g/mol. The maximum Gasteiger partial charge on any atom is 0.282 e. The first kappa shape index (κ1) is 106. The van der Waals surface area contributed by atoms with Crippen LogP contribution in [-0.2, 0) is 25.7 Å². The predicted octanol–water partition coefficient (Wildman–Crippen LogP) is 26.4. The average Bonchev–Trinajstić information content (AvgIpc) is 0.817. The third kappa shape index (κ3) is 33.7. The van der Waals surface area contributed by atoms with E-state index in [9.17, 15) is 68.2 Å². The largest absolute Gasteiger partial charge is 0.321 e. The second-order valence-corrected chi connectivity index (χ2v) is 35.1. The first-order chi connectivity index (χ1) is 70.0. The number of halogens is 2. The van der Waals surface area contributed by atoms with E-state index >= 15 is 0 Å². The van der Waals surface area contributed by atoms with E-state index in [1.165, 1.54) is 64.7 Å². The molecule has 730 valence electrons. The van der Waals surface area contributed by atoms with Crippen molar-refractivity contribution >= 4 is 132 Å². The molecule has 0 aliphatic carbocycles. The molecular formula is C119H111Cl2N9O14. The van der Waals surface area contributed by atoms with Gasteiger partial charge in [0, 0.05) is 137 Å². The van der Waals surface area contributed by atoms with E-state index in [0.717, 1.165) is 94.9 Å². The number of aryl methyl sites for hydroxylation is 4. The van der Waals surface area contributed by atoms with Gasteiger partial charge >= 0.3 is 0 Å². The van der Waals surface area contributed by atoms with E-state index in [1.807, 2.05) is 158 Å². The summed E-state index contributed by atoms with van der Waals surface area (Å²) in [7, 11) is 2.16. The molecule has 1 aliphatic heterocycles. The van der Waals surface area contributed by atoms with Gasteiger partial charge in [-0.15, -0.1) is 0 Å². The smallest absolute Gasteiger partial charge is 0.282 e. The van der Waals surface area contributed by atoms with Crippen LogP contribution in [0.5, 0.6) is 0 Å². The van der Waals surface area contributed by atoms with Gasteiger partial charge in [-0.1, -0.05) is 260 Å². The summed E-state index contributed by atoms with van der Waals surface area (Å²) in [6, 6.07) is 113. The van der Waals surface area contributed by atoms with Crippen molar-refractivity contribution in [2.75, 3.05) is 66.4 Å². The minimum Gasteiger partial charge on any atom is -0.321 e. The first-order valence-electron chi connectivity index (χ1n) is 47.7. The highest BCUT2D eigenvalue weighted by molar-refractivity contribution is 6.31. The number of nitrogens with zero attached hydrogens (tertiary/aromatic N) is 4. The Bertz CT molecular complexity index is 6930.